The van der Waals surface area contributed by atoms with Crippen LogP contribution < -0.4 is 4.74 Å². The molecule has 19 heavy (non-hydrogen) atoms. The van der Waals surface area contributed by atoms with Gasteiger partial charge in [0, 0.05) is 6.07 Å². The van der Waals surface area contributed by atoms with E-state index in [2.05, 4.69) is 11.8 Å². The number of halogens is 1. The molecule has 0 radical (unpaired) electrons. The first-order chi connectivity index (χ1) is 9.29. The van der Waals surface area contributed by atoms with Gasteiger partial charge in [0.15, 0.2) is 0 Å². The van der Waals surface area contributed by atoms with E-state index in [9.17, 15) is 4.39 Å². The summed E-state index contributed by atoms with van der Waals surface area (Å²) in [6.45, 7) is 0.105. The van der Waals surface area contributed by atoms with Gasteiger partial charge in [-0.1, -0.05) is 42.2 Å². The van der Waals surface area contributed by atoms with Gasteiger partial charge in [0.25, 0.3) is 0 Å². The van der Waals surface area contributed by atoms with Gasteiger partial charge in [0.2, 0.25) is 0 Å². The van der Waals surface area contributed by atoms with Gasteiger partial charge in [-0.15, -0.1) is 0 Å². The SMILES string of the molecule is OCC#Cc1ccc(OCc2ccccc2)cc1F. The Labute approximate surface area is 111 Å². The van der Waals surface area contributed by atoms with E-state index in [1.54, 1.807) is 12.1 Å². The Morgan fingerprint density at radius 3 is 2.58 bits per heavy atom. The van der Waals surface area contributed by atoms with Crippen LogP contribution in [0.25, 0.3) is 0 Å². The number of hydrogen-bond acceptors (Lipinski definition) is 2. The van der Waals surface area contributed by atoms with Crippen molar-refractivity contribution in [2.45, 2.75) is 6.61 Å². The summed E-state index contributed by atoms with van der Waals surface area (Å²) < 4.78 is 19.1. The molecule has 2 rings (SSSR count). The summed E-state index contributed by atoms with van der Waals surface area (Å²) in [6.07, 6.45) is 0. The maximum Gasteiger partial charge on any atom is 0.142 e. The molecule has 0 unspecified atom stereocenters. The second kappa shape index (κ2) is 6.58. The highest BCUT2D eigenvalue weighted by Crippen LogP contribution is 2.17. The van der Waals surface area contributed by atoms with Gasteiger partial charge in [-0.3, -0.25) is 0 Å². The highest BCUT2D eigenvalue weighted by Gasteiger charge is 2.02. The molecule has 0 aromatic heterocycles. The van der Waals surface area contributed by atoms with Gasteiger partial charge in [0.1, 0.15) is 24.8 Å². The van der Waals surface area contributed by atoms with Gasteiger partial charge in [-0.25, -0.2) is 4.39 Å². The van der Waals surface area contributed by atoms with Crippen molar-refractivity contribution in [1.82, 2.24) is 0 Å². The summed E-state index contributed by atoms with van der Waals surface area (Å²) in [6, 6.07) is 14.2. The monoisotopic (exact) mass is 256 g/mol. The molecule has 2 nitrogen and oxygen atoms in total. The Kier molecular flexibility index (Phi) is 4.54. The largest absolute Gasteiger partial charge is 0.489 e. The molecule has 0 saturated carbocycles. The van der Waals surface area contributed by atoms with Crippen LogP contribution in [0.2, 0.25) is 0 Å². The summed E-state index contributed by atoms with van der Waals surface area (Å²) in [5.41, 5.74) is 1.27. The Hall–Kier alpha value is -2.31. The van der Waals surface area contributed by atoms with Crippen molar-refractivity contribution in [2.75, 3.05) is 6.61 Å². The van der Waals surface area contributed by atoms with Crippen LogP contribution in [0, 0.1) is 17.7 Å². The molecular weight excluding hydrogens is 243 g/mol. The number of aliphatic hydroxyl groups excluding tert-OH is 1. The molecule has 3 heteroatoms. The second-order valence-corrected chi connectivity index (χ2v) is 3.88. The third-order valence-electron chi connectivity index (χ3n) is 2.49. The predicted molar refractivity (Wildman–Crippen MR) is 71.1 cm³/mol. The van der Waals surface area contributed by atoms with Gasteiger partial charge < -0.3 is 9.84 Å². The number of aliphatic hydroxyl groups is 1. The minimum atomic E-state index is -0.452. The molecule has 0 bridgehead atoms. The molecule has 0 aliphatic carbocycles. The standard InChI is InChI=1S/C16H13FO2/c17-16-11-15(9-8-14(16)7-4-10-18)19-12-13-5-2-1-3-6-13/h1-3,5-6,8-9,11,18H,10,12H2. The molecule has 0 fully saturated rings. The minimum Gasteiger partial charge on any atom is -0.489 e. The van der Waals surface area contributed by atoms with Crippen molar-refractivity contribution >= 4 is 0 Å². The first-order valence-electron chi connectivity index (χ1n) is 5.85. The van der Waals surface area contributed by atoms with Gasteiger partial charge >= 0.3 is 0 Å². The molecular formula is C16H13FO2. The van der Waals surface area contributed by atoms with Crippen LogP contribution in [-0.4, -0.2) is 11.7 Å². The zero-order chi connectivity index (χ0) is 13.5. The summed E-state index contributed by atoms with van der Waals surface area (Å²) in [5.74, 6) is 4.94. The first-order valence-corrected chi connectivity index (χ1v) is 5.85. The van der Waals surface area contributed by atoms with Crippen molar-refractivity contribution in [3.63, 3.8) is 0 Å². The number of ether oxygens (including phenoxy) is 1. The Morgan fingerprint density at radius 2 is 1.89 bits per heavy atom. The summed E-state index contributed by atoms with van der Waals surface area (Å²) in [5, 5.41) is 8.56. The molecule has 1 N–H and O–H groups in total. The first kappa shape index (κ1) is 13.1. The third kappa shape index (κ3) is 3.84. The van der Waals surface area contributed by atoms with E-state index in [1.807, 2.05) is 30.3 Å². The molecule has 0 aliphatic heterocycles. The molecule has 2 aromatic rings. The molecule has 2 aromatic carbocycles. The van der Waals surface area contributed by atoms with E-state index in [1.165, 1.54) is 6.07 Å². The topological polar surface area (TPSA) is 29.5 Å². The van der Waals surface area contributed by atoms with Gasteiger partial charge in [-0.05, 0) is 17.7 Å². The van der Waals surface area contributed by atoms with E-state index in [0.29, 0.717) is 12.4 Å². The number of rotatable bonds is 3. The van der Waals surface area contributed by atoms with Gasteiger partial charge in [0.05, 0.1) is 5.56 Å². The fourth-order valence-corrected chi connectivity index (χ4v) is 1.56. The molecule has 0 aliphatic rings. The zero-order valence-electron chi connectivity index (χ0n) is 10.3. The lowest BCUT2D eigenvalue weighted by Crippen LogP contribution is -1.96. The fraction of sp³-hybridized carbons (Fsp3) is 0.125. The van der Waals surface area contributed by atoms with Gasteiger partial charge in [-0.2, -0.15) is 0 Å². The average Bonchev–Trinajstić information content (AvgIpc) is 2.45. The normalized spacial score (nSPS) is 9.58. The van der Waals surface area contributed by atoms with E-state index < -0.39 is 5.82 Å². The lowest BCUT2D eigenvalue weighted by molar-refractivity contribution is 0.304. The molecule has 96 valence electrons. The summed E-state index contributed by atoms with van der Waals surface area (Å²) >= 11 is 0. The van der Waals surface area contributed by atoms with Crippen molar-refractivity contribution in [1.29, 1.82) is 0 Å². The van der Waals surface area contributed by atoms with Crippen LogP contribution >= 0.6 is 0 Å². The molecule has 0 saturated heterocycles. The van der Waals surface area contributed by atoms with Crippen LogP contribution in [-0.2, 0) is 6.61 Å². The number of benzene rings is 2. The fourth-order valence-electron chi connectivity index (χ4n) is 1.56. The van der Waals surface area contributed by atoms with Crippen molar-refractivity contribution < 1.29 is 14.2 Å². The summed E-state index contributed by atoms with van der Waals surface area (Å²) in [4.78, 5) is 0. The van der Waals surface area contributed by atoms with Crippen LogP contribution in [0.1, 0.15) is 11.1 Å². The van der Waals surface area contributed by atoms with Crippen LogP contribution in [0.4, 0.5) is 4.39 Å². The summed E-state index contributed by atoms with van der Waals surface area (Å²) in [7, 11) is 0. The zero-order valence-corrected chi connectivity index (χ0v) is 10.3. The molecule has 0 atom stereocenters. The maximum absolute atomic E-state index is 13.6. The highest BCUT2D eigenvalue weighted by molar-refractivity contribution is 5.39. The van der Waals surface area contributed by atoms with Crippen LogP contribution in [0.5, 0.6) is 5.75 Å². The maximum atomic E-state index is 13.6. The lowest BCUT2D eigenvalue weighted by atomic mass is 10.2. The van der Waals surface area contributed by atoms with E-state index >= 15 is 0 Å². The van der Waals surface area contributed by atoms with Crippen molar-refractivity contribution in [3.05, 3.63) is 65.5 Å². The van der Waals surface area contributed by atoms with Crippen molar-refractivity contribution in [2.24, 2.45) is 0 Å². The van der Waals surface area contributed by atoms with Crippen molar-refractivity contribution in [3.8, 4) is 17.6 Å². The average molecular weight is 256 g/mol. The van der Waals surface area contributed by atoms with E-state index in [4.69, 9.17) is 9.84 Å². The Morgan fingerprint density at radius 1 is 1.11 bits per heavy atom. The Balaban J connectivity index is 2.04. The second-order valence-electron chi connectivity index (χ2n) is 3.88. The minimum absolute atomic E-state index is 0.251. The van der Waals surface area contributed by atoms with E-state index in [-0.39, 0.29) is 12.2 Å². The Bertz CT molecular complexity index is 597. The quantitative estimate of drug-likeness (QED) is 0.856. The molecule has 0 spiro atoms. The third-order valence-corrected chi connectivity index (χ3v) is 2.49. The number of hydrogen-bond donors (Lipinski definition) is 1. The molecule has 0 heterocycles. The molecule has 0 amide bonds. The van der Waals surface area contributed by atoms with E-state index in [0.717, 1.165) is 5.56 Å². The highest BCUT2D eigenvalue weighted by atomic mass is 19.1. The smallest absolute Gasteiger partial charge is 0.142 e. The lowest BCUT2D eigenvalue weighted by Gasteiger charge is -2.06. The van der Waals surface area contributed by atoms with Crippen LogP contribution in [0.15, 0.2) is 48.5 Å². The predicted octanol–water partition coefficient (Wildman–Crippen LogP) is 2.75. The van der Waals surface area contributed by atoms with Crippen LogP contribution in [0.3, 0.4) is 0 Å².